The zero-order chi connectivity index (χ0) is 14.0. The number of ether oxygens (including phenoxy) is 1. The third-order valence-electron chi connectivity index (χ3n) is 3.26. The molecular weight excluding hydrogens is 254 g/mol. The molecule has 2 rings (SSSR count). The number of alkyl halides is 2. The van der Waals surface area contributed by atoms with Crippen LogP contribution in [0.2, 0.25) is 0 Å². The second-order valence-corrected chi connectivity index (χ2v) is 4.97. The summed E-state index contributed by atoms with van der Waals surface area (Å²) in [5.41, 5.74) is 1.40. The summed E-state index contributed by atoms with van der Waals surface area (Å²) in [6.45, 7) is 1.88. The summed E-state index contributed by atoms with van der Waals surface area (Å²) >= 11 is 0. The Labute approximate surface area is 110 Å². The summed E-state index contributed by atoms with van der Waals surface area (Å²) in [4.78, 5) is 11.7. The Hall–Kier alpha value is -1.49. The van der Waals surface area contributed by atoms with Crippen LogP contribution < -0.4 is 0 Å². The molecule has 1 aromatic carbocycles. The van der Waals surface area contributed by atoms with E-state index in [1.165, 1.54) is 0 Å². The van der Waals surface area contributed by atoms with Gasteiger partial charge in [-0.3, -0.25) is 0 Å². The predicted octanol–water partition coefficient (Wildman–Crippen LogP) is 2.76. The van der Waals surface area contributed by atoms with Gasteiger partial charge in [-0.25, -0.2) is 13.6 Å². The minimum atomic E-state index is -2.76. The van der Waals surface area contributed by atoms with Crippen LogP contribution in [0, 0.1) is 6.92 Å². The van der Waals surface area contributed by atoms with Crippen LogP contribution in [0.15, 0.2) is 24.3 Å². The van der Waals surface area contributed by atoms with E-state index >= 15 is 0 Å². The van der Waals surface area contributed by atoms with Crippen molar-refractivity contribution in [2.24, 2.45) is 0 Å². The normalized spacial score (nSPS) is 23.1. The average Bonchev–Trinajstić information content (AvgIpc) is 2.68. The van der Waals surface area contributed by atoms with Gasteiger partial charge in [0, 0.05) is 12.8 Å². The molecule has 0 heterocycles. The molecule has 2 unspecified atom stereocenters. The Balaban J connectivity index is 1.95. The van der Waals surface area contributed by atoms with Gasteiger partial charge in [-0.15, -0.1) is 0 Å². The number of aliphatic hydroxyl groups is 1. The number of halogens is 2. The van der Waals surface area contributed by atoms with Crippen molar-refractivity contribution in [1.82, 2.24) is 0 Å². The van der Waals surface area contributed by atoms with Crippen LogP contribution in [0.3, 0.4) is 0 Å². The zero-order valence-electron chi connectivity index (χ0n) is 10.6. The van der Waals surface area contributed by atoms with Gasteiger partial charge in [0.25, 0.3) is 5.92 Å². The Morgan fingerprint density at radius 2 is 2.05 bits per heavy atom. The van der Waals surface area contributed by atoms with Gasteiger partial charge in [0.15, 0.2) is 6.10 Å². The standard InChI is InChI=1S/C14H16F2O3/c1-9-2-4-10(5-3-9)12(17)13(18)19-11-6-7-14(15,16)8-11/h2-5,11-12,17H,6-8H2,1H3. The SMILES string of the molecule is Cc1ccc(C(O)C(=O)OC2CCC(F)(F)C2)cc1. The average molecular weight is 270 g/mol. The summed E-state index contributed by atoms with van der Waals surface area (Å²) in [6, 6.07) is 6.75. The molecule has 104 valence electrons. The van der Waals surface area contributed by atoms with E-state index in [1.54, 1.807) is 24.3 Å². The van der Waals surface area contributed by atoms with Crippen LogP contribution in [-0.4, -0.2) is 23.1 Å². The number of rotatable bonds is 3. The molecule has 0 bridgehead atoms. The highest BCUT2D eigenvalue weighted by atomic mass is 19.3. The fraction of sp³-hybridized carbons (Fsp3) is 0.500. The van der Waals surface area contributed by atoms with E-state index in [9.17, 15) is 18.7 Å². The lowest BCUT2D eigenvalue weighted by molar-refractivity contribution is -0.160. The van der Waals surface area contributed by atoms with Crippen molar-refractivity contribution in [3.63, 3.8) is 0 Å². The van der Waals surface area contributed by atoms with E-state index in [-0.39, 0.29) is 12.8 Å². The van der Waals surface area contributed by atoms with E-state index < -0.39 is 30.5 Å². The summed E-state index contributed by atoms with van der Waals surface area (Å²) in [6.07, 6.45) is -2.82. The molecule has 0 aromatic heterocycles. The van der Waals surface area contributed by atoms with E-state index in [0.717, 1.165) is 5.56 Å². The number of esters is 1. The molecule has 5 heteroatoms. The van der Waals surface area contributed by atoms with Gasteiger partial charge in [-0.05, 0) is 18.9 Å². The molecule has 0 amide bonds. The van der Waals surface area contributed by atoms with Gasteiger partial charge in [-0.1, -0.05) is 29.8 Å². The van der Waals surface area contributed by atoms with Gasteiger partial charge in [-0.2, -0.15) is 0 Å². The number of hydrogen-bond acceptors (Lipinski definition) is 3. The number of aliphatic hydroxyl groups excluding tert-OH is 1. The molecule has 0 spiro atoms. The largest absolute Gasteiger partial charge is 0.460 e. The second-order valence-electron chi connectivity index (χ2n) is 4.97. The first-order chi connectivity index (χ1) is 8.87. The molecular formula is C14H16F2O3. The first-order valence-electron chi connectivity index (χ1n) is 6.20. The minimum absolute atomic E-state index is 0.138. The highest BCUT2D eigenvalue weighted by Gasteiger charge is 2.41. The van der Waals surface area contributed by atoms with Crippen molar-refractivity contribution in [1.29, 1.82) is 0 Å². The van der Waals surface area contributed by atoms with E-state index in [4.69, 9.17) is 4.74 Å². The summed E-state index contributed by atoms with van der Waals surface area (Å²) in [7, 11) is 0. The molecule has 1 saturated carbocycles. The summed E-state index contributed by atoms with van der Waals surface area (Å²) < 4.78 is 30.8. The first kappa shape index (κ1) is 13.9. The van der Waals surface area contributed by atoms with E-state index in [2.05, 4.69) is 0 Å². The van der Waals surface area contributed by atoms with Gasteiger partial charge >= 0.3 is 5.97 Å². The van der Waals surface area contributed by atoms with Crippen LogP contribution in [-0.2, 0) is 9.53 Å². The van der Waals surface area contributed by atoms with Gasteiger partial charge in [0.2, 0.25) is 0 Å². The highest BCUT2D eigenvalue weighted by molar-refractivity contribution is 5.76. The summed E-state index contributed by atoms with van der Waals surface area (Å²) in [5.74, 6) is -3.63. The van der Waals surface area contributed by atoms with Crippen LogP contribution in [0.4, 0.5) is 8.78 Å². The van der Waals surface area contributed by atoms with Crippen molar-refractivity contribution in [3.05, 3.63) is 35.4 Å². The number of benzene rings is 1. The van der Waals surface area contributed by atoms with E-state index in [0.29, 0.717) is 5.56 Å². The smallest absolute Gasteiger partial charge is 0.339 e. The lowest BCUT2D eigenvalue weighted by Gasteiger charge is -2.16. The Bertz CT molecular complexity index is 456. The number of aryl methyl sites for hydroxylation is 1. The molecule has 0 aliphatic heterocycles. The first-order valence-corrected chi connectivity index (χ1v) is 6.20. The van der Waals surface area contributed by atoms with Crippen LogP contribution in [0.5, 0.6) is 0 Å². The molecule has 3 nitrogen and oxygen atoms in total. The molecule has 2 atom stereocenters. The van der Waals surface area contributed by atoms with Gasteiger partial charge in [0.05, 0.1) is 0 Å². The zero-order valence-corrected chi connectivity index (χ0v) is 10.6. The maximum Gasteiger partial charge on any atom is 0.339 e. The third kappa shape index (κ3) is 3.50. The van der Waals surface area contributed by atoms with Gasteiger partial charge in [0.1, 0.15) is 6.10 Å². The number of carbonyl (C=O) groups is 1. The van der Waals surface area contributed by atoms with Crippen molar-refractivity contribution < 1.29 is 23.4 Å². The lowest BCUT2D eigenvalue weighted by Crippen LogP contribution is -2.22. The molecule has 1 N–H and O–H groups in total. The van der Waals surface area contributed by atoms with Gasteiger partial charge < -0.3 is 9.84 Å². The summed E-state index contributed by atoms with van der Waals surface area (Å²) in [5, 5.41) is 9.81. The lowest BCUT2D eigenvalue weighted by atomic mass is 10.1. The molecule has 1 fully saturated rings. The maximum atomic E-state index is 13.0. The fourth-order valence-electron chi connectivity index (χ4n) is 2.12. The van der Waals surface area contributed by atoms with E-state index in [1.807, 2.05) is 6.92 Å². The van der Waals surface area contributed by atoms with Crippen LogP contribution in [0.1, 0.15) is 36.5 Å². The fourth-order valence-corrected chi connectivity index (χ4v) is 2.12. The molecule has 1 aromatic rings. The molecule has 1 aliphatic carbocycles. The molecule has 0 radical (unpaired) electrons. The highest BCUT2D eigenvalue weighted by Crippen LogP contribution is 2.36. The maximum absolute atomic E-state index is 13.0. The molecule has 0 saturated heterocycles. The number of hydrogen-bond donors (Lipinski definition) is 1. The monoisotopic (exact) mass is 270 g/mol. The molecule has 19 heavy (non-hydrogen) atoms. The van der Waals surface area contributed by atoms with Crippen molar-refractivity contribution in [3.8, 4) is 0 Å². The van der Waals surface area contributed by atoms with Crippen LogP contribution in [0.25, 0.3) is 0 Å². The Morgan fingerprint density at radius 3 is 2.58 bits per heavy atom. The van der Waals surface area contributed by atoms with Crippen molar-refractivity contribution in [2.75, 3.05) is 0 Å². The Morgan fingerprint density at radius 1 is 1.42 bits per heavy atom. The topological polar surface area (TPSA) is 46.5 Å². The second kappa shape index (κ2) is 5.25. The Kier molecular flexibility index (Phi) is 3.85. The number of carbonyl (C=O) groups excluding carboxylic acids is 1. The van der Waals surface area contributed by atoms with Crippen molar-refractivity contribution >= 4 is 5.97 Å². The quantitative estimate of drug-likeness (QED) is 0.859. The van der Waals surface area contributed by atoms with Crippen molar-refractivity contribution in [2.45, 2.75) is 44.3 Å². The third-order valence-corrected chi connectivity index (χ3v) is 3.26. The van der Waals surface area contributed by atoms with Crippen LogP contribution >= 0.6 is 0 Å². The minimum Gasteiger partial charge on any atom is -0.460 e. The molecule has 1 aliphatic rings. The predicted molar refractivity (Wildman–Crippen MR) is 64.8 cm³/mol.